The van der Waals surface area contributed by atoms with Gasteiger partial charge in [-0.3, -0.25) is 4.79 Å². The van der Waals surface area contributed by atoms with Crippen molar-refractivity contribution in [1.29, 1.82) is 0 Å². The average molecular weight is 339 g/mol. The summed E-state index contributed by atoms with van der Waals surface area (Å²) in [5.74, 6) is 0.964. The van der Waals surface area contributed by atoms with E-state index in [0.29, 0.717) is 13.0 Å². The van der Waals surface area contributed by atoms with Crippen LogP contribution in [0.5, 0.6) is 0 Å². The molecule has 25 heavy (non-hydrogen) atoms. The molecule has 0 bridgehead atoms. The molecule has 0 aliphatic carbocycles. The van der Waals surface area contributed by atoms with Crippen molar-refractivity contribution < 1.29 is 4.79 Å². The molecule has 3 aromatic rings. The second-order valence-corrected chi connectivity index (χ2v) is 6.05. The smallest absolute Gasteiger partial charge is 0.243 e. The van der Waals surface area contributed by atoms with Crippen molar-refractivity contribution in [3.8, 4) is 0 Å². The van der Waals surface area contributed by atoms with Crippen LogP contribution in [0.4, 0.5) is 0 Å². The number of imidazole rings is 2. The van der Waals surface area contributed by atoms with E-state index in [1.54, 1.807) is 12.5 Å². The Hall–Kier alpha value is -2.63. The Balaban J connectivity index is 1.86. The van der Waals surface area contributed by atoms with E-state index >= 15 is 0 Å². The Bertz CT molecular complexity index is 864. The Kier molecular flexibility index (Phi) is 5.16. The third kappa shape index (κ3) is 3.29. The Morgan fingerprint density at radius 2 is 2.04 bits per heavy atom. The molecule has 1 N–H and O–H groups in total. The zero-order valence-electron chi connectivity index (χ0n) is 15.1. The van der Waals surface area contributed by atoms with Crippen LogP contribution in [0, 0.1) is 0 Å². The van der Waals surface area contributed by atoms with Gasteiger partial charge in [0.1, 0.15) is 11.9 Å². The SMILES string of the molecule is CCc1nc2ccccc2n1C(CC)C(=O)NCc1cncn1CC. The zero-order chi connectivity index (χ0) is 17.8. The number of fused-ring (bicyclic) bond motifs is 1. The van der Waals surface area contributed by atoms with Crippen LogP contribution in [0.2, 0.25) is 0 Å². The van der Waals surface area contributed by atoms with Gasteiger partial charge in [0.05, 0.1) is 29.6 Å². The zero-order valence-corrected chi connectivity index (χ0v) is 15.1. The van der Waals surface area contributed by atoms with Gasteiger partial charge in [-0.05, 0) is 25.5 Å². The molecule has 2 aromatic heterocycles. The van der Waals surface area contributed by atoms with Gasteiger partial charge in [-0.1, -0.05) is 26.0 Å². The van der Waals surface area contributed by atoms with Gasteiger partial charge in [-0.2, -0.15) is 0 Å². The summed E-state index contributed by atoms with van der Waals surface area (Å²) in [4.78, 5) is 21.7. The summed E-state index contributed by atoms with van der Waals surface area (Å²) in [7, 11) is 0. The maximum Gasteiger partial charge on any atom is 0.243 e. The van der Waals surface area contributed by atoms with Crippen LogP contribution >= 0.6 is 0 Å². The van der Waals surface area contributed by atoms with Crippen LogP contribution in [0.1, 0.15) is 44.8 Å². The van der Waals surface area contributed by atoms with E-state index in [0.717, 1.165) is 35.5 Å². The number of nitrogens with one attached hydrogen (secondary N) is 1. The van der Waals surface area contributed by atoms with Crippen molar-refractivity contribution in [3.05, 3.63) is 48.3 Å². The van der Waals surface area contributed by atoms with E-state index < -0.39 is 0 Å². The highest BCUT2D eigenvalue weighted by atomic mass is 16.2. The molecule has 6 nitrogen and oxygen atoms in total. The van der Waals surface area contributed by atoms with Gasteiger partial charge >= 0.3 is 0 Å². The number of carbonyl (C=O) groups is 1. The van der Waals surface area contributed by atoms with Crippen molar-refractivity contribution in [3.63, 3.8) is 0 Å². The monoisotopic (exact) mass is 339 g/mol. The molecule has 0 spiro atoms. The summed E-state index contributed by atoms with van der Waals surface area (Å²) in [5.41, 5.74) is 2.96. The number of rotatable bonds is 7. The molecule has 0 saturated carbocycles. The summed E-state index contributed by atoms with van der Waals surface area (Å²) in [5, 5.41) is 3.07. The fourth-order valence-corrected chi connectivity index (χ4v) is 3.25. The molecule has 132 valence electrons. The van der Waals surface area contributed by atoms with Crippen LogP contribution < -0.4 is 5.32 Å². The Morgan fingerprint density at radius 1 is 1.24 bits per heavy atom. The molecule has 2 heterocycles. The second kappa shape index (κ2) is 7.51. The predicted octanol–water partition coefficient (Wildman–Crippen LogP) is 3.08. The first-order chi connectivity index (χ1) is 12.2. The van der Waals surface area contributed by atoms with E-state index in [9.17, 15) is 4.79 Å². The van der Waals surface area contributed by atoms with Gasteiger partial charge in [0.25, 0.3) is 0 Å². The molecule has 0 saturated heterocycles. The predicted molar refractivity (Wildman–Crippen MR) is 98.2 cm³/mol. The van der Waals surface area contributed by atoms with Gasteiger partial charge < -0.3 is 14.5 Å². The lowest BCUT2D eigenvalue weighted by atomic mass is 10.2. The number of aryl methyl sites for hydroxylation is 2. The molecule has 1 unspecified atom stereocenters. The van der Waals surface area contributed by atoms with E-state index in [1.165, 1.54) is 0 Å². The molecule has 3 rings (SSSR count). The molecular formula is C19H25N5O. The second-order valence-electron chi connectivity index (χ2n) is 6.05. The third-order valence-electron chi connectivity index (χ3n) is 4.57. The number of carbonyl (C=O) groups excluding carboxylic acids is 1. The number of para-hydroxylation sites is 2. The summed E-state index contributed by atoms with van der Waals surface area (Å²) >= 11 is 0. The number of amides is 1. The van der Waals surface area contributed by atoms with Crippen LogP contribution in [-0.2, 0) is 24.3 Å². The molecule has 1 amide bonds. The first-order valence-electron chi connectivity index (χ1n) is 8.92. The van der Waals surface area contributed by atoms with Gasteiger partial charge in [-0.25, -0.2) is 9.97 Å². The lowest BCUT2D eigenvalue weighted by Gasteiger charge is -2.20. The summed E-state index contributed by atoms with van der Waals surface area (Å²) in [6.07, 6.45) is 5.10. The van der Waals surface area contributed by atoms with Gasteiger partial charge in [-0.15, -0.1) is 0 Å². The molecule has 0 radical (unpaired) electrons. The molecule has 0 aliphatic heterocycles. The van der Waals surface area contributed by atoms with E-state index in [1.807, 2.05) is 35.8 Å². The quantitative estimate of drug-likeness (QED) is 0.719. The lowest BCUT2D eigenvalue weighted by Crippen LogP contribution is -2.33. The first kappa shape index (κ1) is 17.2. The first-order valence-corrected chi connectivity index (χ1v) is 8.92. The van der Waals surface area contributed by atoms with Crippen molar-refractivity contribution in [2.45, 2.75) is 52.7 Å². The highest BCUT2D eigenvalue weighted by Crippen LogP contribution is 2.24. The minimum absolute atomic E-state index is 0.0178. The van der Waals surface area contributed by atoms with Gasteiger partial charge in [0, 0.05) is 19.2 Å². The number of aromatic nitrogens is 4. The maximum absolute atomic E-state index is 12.9. The standard InChI is InChI=1S/C19H25N5O/c1-4-16(19(25)21-12-14-11-20-13-23(14)6-3)24-17-10-8-7-9-15(17)22-18(24)5-2/h7-11,13,16H,4-6,12H2,1-3H3,(H,21,25). The summed E-state index contributed by atoms with van der Waals surface area (Å²) in [6, 6.07) is 7.73. The molecule has 0 aliphatic rings. The maximum atomic E-state index is 12.9. The van der Waals surface area contributed by atoms with Crippen LogP contribution in [0.15, 0.2) is 36.8 Å². The van der Waals surface area contributed by atoms with Gasteiger partial charge in [0.15, 0.2) is 0 Å². The summed E-state index contributed by atoms with van der Waals surface area (Å²) < 4.78 is 4.12. The highest BCUT2D eigenvalue weighted by Gasteiger charge is 2.23. The van der Waals surface area contributed by atoms with Crippen molar-refractivity contribution in [2.24, 2.45) is 0 Å². The number of hydrogen-bond donors (Lipinski definition) is 1. The van der Waals surface area contributed by atoms with Crippen LogP contribution in [-0.4, -0.2) is 25.0 Å². The van der Waals surface area contributed by atoms with Crippen molar-refractivity contribution >= 4 is 16.9 Å². The van der Waals surface area contributed by atoms with Gasteiger partial charge in [0.2, 0.25) is 5.91 Å². The lowest BCUT2D eigenvalue weighted by molar-refractivity contribution is -0.124. The molecule has 1 atom stereocenters. The largest absolute Gasteiger partial charge is 0.349 e. The fraction of sp³-hybridized carbons (Fsp3) is 0.421. The average Bonchev–Trinajstić information content (AvgIpc) is 3.24. The molecule has 0 fully saturated rings. The minimum Gasteiger partial charge on any atom is -0.349 e. The van der Waals surface area contributed by atoms with E-state index in [4.69, 9.17) is 0 Å². The van der Waals surface area contributed by atoms with Crippen molar-refractivity contribution in [1.82, 2.24) is 24.4 Å². The fourth-order valence-electron chi connectivity index (χ4n) is 3.25. The molecule has 6 heteroatoms. The third-order valence-corrected chi connectivity index (χ3v) is 4.57. The van der Waals surface area contributed by atoms with E-state index in [-0.39, 0.29) is 11.9 Å². The minimum atomic E-state index is -0.264. The number of hydrogen-bond acceptors (Lipinski definition) is 3. The van der Waals surface area contributed by atoms with Crippen LogP contribution in [0.3, 0.4) is 0 Å². The molecular weight excluding hydrogens is 314 g/mol. The normalized spacial score (nSPS) is 12.4. The number of nitrogens with zero attached hydrogens (tertiary/aromatic N) is 4. The highest BCUT2D eigenvalue weighted by molar-refractivity contribution is 5.84. The van der Waals surface area contributed by atoms with E-state index in [2.05, 4.69) is 33.7 Å². The number of benzene rings is 1. The summed E-state index contributed by atoms with van der Waals surface area (Å²) in [6.45, 7) is 7.50. The topological polar surface area (TPSA) is 64.7 Å². The van der Waals surface area contributed by atoms with Crippen molar-refractivity contribution in [2.75, 3.05) is 0 Å². The Morgan fingerprint density at radius 3 is 2.76 bits per heavy atom. The van der Waals surface area contributed by atoms with Crippen LogP contribution in [0.25, 0.3) is 11.0 Å². The molecule has 1 aromatic carbocycles. The Labute approximate surface area is 147 Å².